The Morgan fingerprint density at radius 1 is 0.935 bits per heavy atom. The average Bonchev–Trinajstić information content (AvgIpc) is 2.99. The molecule has 6 heteroatoms. The van der Waals surface area contributed by atoms with Gasteiger partial charge in [0.2, 0.25) is 0 Å². The monoisotopic (exact) mass is 420 g/mol. The van der Waals surface area contributed by atoms with Gasteiger partial charge in [0, 0.05) is 13.1 Å². The third-order valence-corrected chi connectivity index (χ3v) is 5.54. The summed E-state index contributed by atoms with van der Waals surface area (Å²) in [4.78, 5) is 30.5. The Balaban J connectivity index is 1.79. The molecule has 0 N–H and O–H groups in total. The van der Waals surface area contributed by atoms with E-state index < -0.39 is 0 Å². The van der Waals surface area contributed by atoms with Crippen LogP contribution in [0.15, 0.2) is 54.2 Å². The molecule has 1 fully saturated rings. The van der Waals surface area contributed by atoms with Crippen molar-refractivity contribution in [2.75, 3.05) is 24.6 Å². The van der Waals surface area contributed by atoms with Gasteiger partial charge in [0.05, 0.1) is 30.1 Å². The fraction of sp³-hybridized carbons (Fsp3) is 0.360. The molecule has 0 aliphatic carbocycles. The summed E-state index contributed by atoms with van der Waals surface area (Å²) in [5.41, 5.74) is 3.22. The van der Waals surface area contributed by atoms with Crippen LogP contribution in [-0.2, 0) is 14.3 Å². The molecule has 2 aromatic carbocycles. The highest BCUT2D eigenvalue weighted by Crippen LogP contribution is 2.36. The average molecular weight is 421 g/mol. The van der Waals surface area contributed by atoms with Gasteiger partial charge in [0.15, 0.2) is 0 Å². The first-order valence-corrected chi connectivity index (χ1v) is 10.7. The van der Waals surface area contributed by atoms with Gasteiger partial charge < -0.3 is 14.4 Å². The number of morpholine rings is 1. The Labute approximate surface area is 183 Å². The lowest BCUT2D eigenvalue weighted by Gasteiger charge is -2.37. The van der Waals surface area contributed by atoms with Crippen LogP contribution < -0.4 is 9.64 Å². The van der Waals surface area contributed by atoms with Crippen molar-refractivity contribution in [3.63, 3.8) is 0 Å². The molecule has 0 bridgehead atoms. The molecule has 6 nitrogen and oxygen atoms in total. The molecule has 0 radical (unpaired) electrons. The van der Waals surface area contributed by atoms with Crippen LogP contribution in [0.4, 0.5) is 5.69 Å². The van der Waals surface area contributed by atoms with E-state index in [0.29, 0.717) is 42.2 Å². The highest BCUT2D eigenvalue weighted by molar-refractivity contribution is 6.45. The number of nitrogens with zero attached hydrogens (tertiary/aromatic N) is 2. The lowest BCUT2D eigenvalue weighted by atomic mass is 10.0. The van der Waals surface area contributed by atoms with Crippen molar-refractivity contribution < 1.29 is 19.1 Å². The van der Waals surface area contributed by atoms with Crippen molar-refractivity contribution in [2.24, 2.45) is 0 Å². The highest BCUT2D eigenvalue weighted by Gasteiger charge is 2.43. The summed E-state index contributed by atoms with van der Waals surface area (Å²) in [6, 6.07) is 14.8. The first-order valence-electron chi connectivity index (χ1n) is 10.7. The summed E-state index contributed by atoms with van der Waals surface area (Å²) in [6.45, 7) is 9.55. The molecule has 2 heterocycles. The number of benzene rings is 2. The maximum atomic E-state index is 13.6. The molecule has 2 aliphatic heterocycles. The second-order valence-electron chi connectivity index (χ2n) is 8.12. The number of hydrogen-bond acceptors (Lipinski definition) is 5. The molecule has 162 valence electrons. The largest absolute Gasteiger partial charge is 0.494 e. The normalized spacial score (nSPS) is 21.8. The number of carbonyl (C=O) groups is 2. The molecule has 2 aromatic rings. The molecule has 4 rings (SSSR count). The van der Waals surface area contributed by atoms with E-state index in [1.54, 1.807) is 0 Å². The van der Waals surface area contributed by atoms with E-state index in [2.05, 4.69) is 0 Å². The fourth-order valence-corrected chi connectivity index (χ4v) is 4.25. The molecule has 0 spiro atoms. The second-order valence-corrected chi connectivity index (χ2v) is 8.12. The molecular formula is C25H28N2O4. The van der Waals surface area contributed by atoms with Gasteiger partial charge in [0.1, 0.15) is 11.4 Å². The Morgan fingerprint density at radius 3 is 2.13 bits per heavy atom. The van der Waals surface area contributed by atoms with Crippen LogP contribution in [0.25, 0.3) is 5.57 Å². The first-order chi connectivity index (χ1) is 14.9. The van der Waals surface area contributed by atoms with Gasteiger partial charge in [-0.2, -0.15) is 0 Å². The predicted molar refractivity (Wildman–Crippen MR) is 120 cm³/mol. The smallest absolute Gasteiger partial charge is 0.282 e. The number of aryl methyl sites for hydroxylation is 1. The molecule has 2 atom stereocenters. The third-order valence-electron chi connectivity index (χ3n) is 5.54. The van der Waals surface area contributed by atoms with E-state index in [1.165, 1.54) is 4.90 Å². The standard InChI is InChI=1S/C25H28N2O4/c1-5-30-21-12-8-19(9-13-21)22-23(26-14-17(3)31-18(4)15-26)25(29)27(24(22)28)20-10-6-16(2)7-11-20/h6-13,17-18H,5,14-15H2,1-4H3. The van der Waals surface area contributed by atoms with Gasteiger partial charge in [-0.25, -0.2) is 4.90 Å². The van der Waals surface area contributed by atoms with Crippen LogP contribution >= 0.6 is 0 Å². The number of ether oxygens (including phenoxy) is 2. The van der Waals surface area contributed by atoms with Crippen molar-refractivity contribution in [3.8, 4) is 5.75 Å². The quantitative estimate of drug-likeness (QED) is 0.689. The zero-order valence-electron chi connectivity index (χ0n) is 18.4. The Morgan fingerprint density at radius 2 is 1.55 bits per heavy atom. The molecule has 0 aromatic heterocycles. The maximum absolute atomic E-state index is 13.6. The van der Waals surface area contributed by atoms with Crippen molar-refractivity contribution in [1.29, 1.82) is 0 Å². The van der Waals surface area contributed by atoms with Gasteiger partial charge in [-0.3, -0.25) is 9.59 Å². The summed E-state index contributed by atoms with van der Waals surface area (Å²) in [7, 11) is 0. The molecule has 31 heavy (non-hydrogen) atoms. The van der Waals surface area contributed by atoms with Crippen LogP contribution in [0.5, 0.6) is 5.75 Å². The third kappa shape index (κ3) is 4.08. The van der Waals surface area contributed by atoms with Gasteiger partial charge in [-0.05, 0) is 57.5 Å². The number of anilines is 1. The summed E-state index contributed by atoms with van der Waals surface area (Å²) < 4.78 is 11.4. The number of rotatable bonds is 5. The molecule has 2 unspecified atom stereocenters. The van der Waals surface area contributed by atoms with Crippen molar-refractivity contribution in [3.05, 3.63) is 65.4 Å². The number of hydrogen-bond donors (Lipinski definition) is 0. The Bertz CT molecular complexity index is 1000. The number of carbonyl (C=O) groups excluding carboxylic acids is 2. The summed E-state index contributed by atoms with van der Waals surface area (Å²) in [6.07, 6.45) is -0.0664. The first kappa shape index (κ1) is 21.1. The minimum atomic E-state index is -0.306. The molecule has 2 aliphatic rings. The van der Waals surface area contributed by atoms with Gasteiger partial charge in [-0.1, -0.05) is 29.8 Å². The SMILES string of the molecule is CCOc1ccc(C2=C(N3CC(C)OC(C)C3)C(=O)N(c3ccc(C)cc3)C2=O)cc1. The lowest BCUT2D eigenvalue weighted by Crippen LogP contribution is -2.47. The maximum Gasteiger partial charge on any atom is 0.282 e. The zero-order chi connectivity index (χ0) is 22.1. The van der Waals surface area contributed by atoms with Crippen LogP contribution in [-0.4, -0.2) is 48.6 Å². The zero-order valence-corrected chi connectivity index (χ0v) is 18.4. The van der Waals surface area contributed by atoms with Gasteiger partial charge in [0.25, 0.3) is 11.8 Å². The molecule has 1 saturated heterocycles. The van der Waals surface area contributed by atoms with Crippen LogP contribution in [0.2, 0.25) is 0 Å². The molecular weight excluding hydrogens is 392 g/mol. The Kier molecular flexibility index (Phi) is 5.83. The van der Waals surface area contributed by atoms with Gasteiger partial charge >= 0.3 is 0 Å². The highest BCUT2D eigenvalue weighted by atomic mass is 16.5. The summed E-state index contributed by atoms with van der Waals surface area (Å²) in [5.74, 6) is 0.132. The van der Waals surface area contributed by atoms with E-state index in [0.717, 1.165) is 11.3 Å². The molecule has 0 saturated carbocycles. The summed E-state index contributed by atoms with van der Waals surface area (Å²) >= 11 is 0. The van der Waals surface area contributed by atoms with Crippen LogP contribution in [0.1, 0.15) is 31.9 Å². The summed E-state index contributed by atoms with van der Waals surface area (Å²) in [5, 5.41) is 0. The number of amides is 2. The Hall–Kier alpha value is -3.12. The van der Waals surface area contributed by atoms with E-state index >= 15 is 0 Å². The fourth-order valence-electron chi connectivity index (χ4n) is 4.25. The van der Waals surface area contributed by atoms with Crippen molar-refractivity contribution >= 4 is 23.1 Å². The van der Waals surface area contributed by atoms with Gasteiger partial charge in [-0.15, -0.1) is 0 Å². The van der Waals surface area contributed by atoms with E-state index in [9.17, 15) is 9.59 Å². The topological polar surface area (TPSA) is 59.1 Å². The van der Waals surface area contributed by atoms with Crippen LogP contribution in [0.3, 0.4) is 0 Å². The van der Waals surface area contributed by atoms with Crippen LogP contribution in [0, 0.1) is 6.92 Å². The van der Waals surface area contributed by atoms with E-state index in [-0.39, 0.29) is 24.0 Å². The van der Waals surface area contributed by atoms with Crippen molar-refractivity contribution in [1.82, 2.24) is 4.90 Å². The number of imide groups is 1. The van der Waals surface area contributed by atoms with E-state index in [1.807, 2.05) is 81.1 Å². The predicted octanol–water partition coefficient (Wildman–Crippen LogP) is 3.79. The van der Waals surface area contributed by atoms with Crippen molar-refractivity contribution in [2.45, 2.75) is 39.9 Å². The minimum absolute atomic E-state index is 0.0332. The van der Waals surface area contributed by atoms with E-state index in [4.69, 9.17) is 9.47 Å². The molecule has 2 amide bonds. The minimum Gasteiger partial charge on any atom is -0.494 e. The second kappa shape index (κ2) is 8.55. The lowest BCUT2D eigenvalue weighted by molar-refractivity contribution is -0.121.